The first kappa shape index (κ1) is 16.3. The third-order valence-electron chi connectivity index (χ3n) is 3.85. The summed E-state index contributed by atoms with van der Waals surface area (Å²) >= 11 is 0. The first-order chi connectivity index (χ1) is 11.6. The van der Waals surface area contributed by atoms with Crippen LogP contribution in [0.2, 0.25) is 0 Å². The second-order valence-electron chi connectivity index (χ2n) is 5.41. The zero-order valence-electron chi connectivity index (χ0n) is 13.0. The van der Waals surface area contributed by atoms with E-state index >= 15 is 0 Å². The Kier molecular flexibility index (Phi) is 4.66. The number of para-hydroxylation sites is 1. The van der Waals surface area contributed by atoms with Crippen LogP contribution in [0.15, 0.2) is 30.7 Å². The van der Waals surface area contributed by atoms with Crippen molar-refractivity contribution in [1.82, 2.24) is 15.3 Å². The zero-order chi connectivity index (χ0) is 17.1. The van der Waals surface area contributed by atoms with Gasteiger partial charge >= 0.3 is 0 Å². The monoisotopic (exact) mass is 334 g/mol. The Morgan fingerprint density at radius 1 is 1.38 bits per heavy atom. The van der Waals surface area contributed by atoms with Gasteiger partial charge in [-0.15, -0.1) is 0 Å². The summed E-state index contributed by atoms with van der Waals surface area (Å²) in [7, 11) is 1.51. The van der Waals surface area contributed by atoms with Gasteiger partial charge in [0.1, 0.15) is 23.6 Å². The van der Waals surface area contributed by atoms with Crippen LogP contribution < -0.4 is 15.0 Å². The summed E-state index contributed by atoms with van der Waals surface area (Å²) in [5, 5.41) is 3.17. The van der Waals surface area contributed by atoms with Gasteiger partial charge in [-0.2, -0.15) is 0 Å². The highest BCUT2D eigenvalue weighted by atomic mass is 19.1. The zero-order valence-corrected chi connectivity index (χ0v) is 13.0. The number of ether oxygens (including phenoxy) is 1. The minimum atomic E-state index is -0.748. The van der Waals surface area contributed by atoms with Gasteiger partial charge in [-0.1, -0.05) is 6.07 Å². The number of halogens is 2. The third kappa shape index (κ3) is 3.18. The Labute approximate surface area is 137 Å². The molecule has 1 aromatic carbocycles. The average molecular weight is 334 g/mol. The molecular weight excluding hydrogens is 318 g/mol. The number of nitrogens with one attached hydrogen (secondary N) is 1. The first-order valence-electron chi connectivity index (χ1n) is 7.40. The van der Waals surface area contributed by atoms with E-state index in [4.69, 9.17) is 4.74 Å². The summed E-state index contributed by atoms with van der Waals surface area (Å²) < 4.78 is 32.9. The van der Waals surface area contributed by atoms with Crippen LogP contribution in [0.4, 0.5) is 14.5 Å². The van der Waals surface area contributed by atoms with Crippen molar-refractivity contribution in [2.45, 2.75) is 19.0 Å². The normalized spacial score (nSPS) is 17.4. The molecular formula is C16H16F2N4O2. The maximum Gasteiger partial charge on any atom is 0.228 e. The molecule has 0 bridgehead atoms. The quantitative estimate of drug-likeness (QED) is 0.901. The van der Waals surface area contributed by atoms with Crippen molar-refractivity contribution in [3.8, 4) is 5.88 Å². The van der Waals surface area contributed by atoms with Crippen molar-refractivity contribution in [2.75, 3.05) is 18.6 Å². The molecule has 6 nitrogen and oxygen atoms in total. The Bertz CT molecular complexity index is 736. The molecule has 0 spiro atoms. The van der Waals surface area contributed by atoms with E-state index in [1.165, 1.54) is 19.5 Å². The lowest BCUT2D eigenvalue weighted by Gasteiger charge is -2.18. The van der Waals surface area contributed by atoms with Crippen LogP contribution in [-0.4, -0.2) is 35.6 Å². The van der Waals surface area contributed by atoms with E-state index in [9.17, 15) is 13.6 Å². The highest BCUT2D eigenvalue weighted by Gasteiger charge is 2.33. The molecule has 126 valence electrons. The fraction of sp³-hybridized carbons (Fsp3) is 0.312. The second kappa shape index (κ2) is 6.88. The molecule has 1 aliphatic heterocycles. The van der Waals surface area contributed by atoms with Gasteiger partial charge in [-0.05, 0) is 12.1 Å². The molecule has 1 aliphatic rings. The third-order valence-corrected chi connectivity index (χ3v) is 3.85. The SMILES string of the molecule is COc1ncncc1CNC1CC(=O)N(c2c(F)cccc2F)C1. The van der Waals surface area contributed by atoms with Gasteiger partial charge < -0.3 is 15.0 Å². The number of hydrogen-bond acceptors (Lipinski definition) is 5. The smallest absolute Gasteiger partial charge is 0.228 e. The number of anilines is 1. The summed E-state index contributed by atoms with van der Waals surface area (Å²) in [4.78, 5) is 21.2. The standard InChI is InChI=1S/C16H16F2N4O2/c1-24-16-10(6-19-9-21-16)7-20-11-5-14(23)22(8-11)15-12(17)3-2-4-13(15)18/h2-4,6,9,11,20H,5,7-8H2,1H3. The average Bonchev–Trinajstić information content (AvgIpc) is 2.94. The van der Waals surface area contributed by atoms with Gasteiger partial charge in [0.15, 0.2) is 0 Å². The van der Waals surface area contributed by atoms with Crippen LogP contribution in [0, 0.1) is 11.6 Å². The van der Waals surface area contributed by atoms with Crippen molar-refractivity contribution >= 4 is 11.6 Å². The van der Waals surface area contributed by atoms with E-state index in [0.717, 1.165) is 22.6 Å². The second-order valence-corrected chi connectivity index (χ2v) is 5.41. The number of aromatic nitrogens is 2. The predicted octanol–water partition coefficient (Wildman–Crippen LogP) is 1.66. The number of nitrogens with zero attached hydrogens (tertiary/aromatic N) is 3. The number of carbonyl (C=O) groups excluding carboxylic acids is 1. The fourth-order valence-electron chi connectivity index (χ4n) is 2.71. The number of rotatable bonds is 5. The molecule has 2 heterocycles. The van der Waals surface area contributed by atoms with Crippen LogP contribution in [0.5, 0.6) is 5.88 Å². The number of methoxy groups -OCH3 is 1. The predicted molar refractivity (Wildman–Crippen MR) is 82.5 cm³/mol. The highest BCUT2D eigenvalue weighted by Crippen LogP contribution is 2.27. The van der Waals surface area contributed by atoms with Crippen molar-refractivity contribution < 1.29 is 18.3 Å². The van der Waals surface area contributed by atoms with Crippen LogP contribution >= 0.6 is 0 Å². The molecule has 8 heteroatoms. The van der Waals surface area contributed by atoms with E-state index in [1.807, 2.05) is 0 Å². The van der Waals surface area contributed by atoms with Crippen LogP contribution in [0.3, 0.4) is 0 Å². The van der Waals surface area contributed by atoms with Crippen molar-refractivity contribution in [3.63, 3.8) is 0 Å². The molecule has 2 aromatic rings. The topological polar surface area (TPSA) is 67.4 Å². The highest BCUT2D eigenvalue weighted by molar-refractivity contribution is 5.96. The summed E-state index contributed by atoms with van der Waals surface area (Å²) in [6.07, 6.45) is 3.15. The minimum Gasteiger partial charge on any atom is -0.481 e. The molecule has 24 heavy (non-hydrogen) atoms. The van der Waals surface area contributed by atoms with Crippen molar-refractivity contribution in [2.24, 2.45) is 0 Å². The van der Waals surface area contributed by atoms with Crippen molar-refractivity contribution in [1.29, 1.82) is 0 Å². The summed E-state index contributed by atoms with van der Waals surface area (Å²) in [5.74, 6) is -1.38. The molecule has 0 saturated carbocycles. The van der Waals surface area contributed by atoms with Gasteiger partial charge in [0.05, 0.1) is 7.11 Å². The lowest BCUT2D eigenvalue weighted by Crippen LogP contribution is -2.33. The molecule has 1 fully saturated rings. The van der Waals surface area contributed by atoms with E-state index < -0.39 is 11.6 Å². The summed E-state index contributed by atoms with van der Waals surface area (Å²) in [6.45, 7) is 0.572. The van der Waals surface area contributed by atoms with Gasteiger partial charge in [-0.3, -0.25) is 4.79 Å². The molecule has 3 rings (SSSR count). The Morgan fingerprint density at radius 3 is 2.83 bits per heavy atom. The first-order valence-corrected chi connectivity index (χ1v) is 7.40. The molecule has 1 unspecified atom stereocenters. The molecule has 1 aromatic heterocycles. The van der Waals surface area contributed by atoms with Gasteiger partial charge in [-0.25, -0.2) is 18.7 Å². The fourth-order valence-corrected chi connectivity index (χ4v) is 2.71. The molecule has 1 atom stereocenters. The Hall–Kier alpha value is -2.61. The minimum absolute atomic E-state index is 0.157. The number of amides is 1. The van der Waals surface area contributed by atoms with Gasteiger partial charge in [0, 0.05) is 37.3 Å². The number of hydrogen-bond donors (Lipinski definition) is 1. The molecule has 0 aliphatic carbocycles. The van der Waals surface area contributed by atoms with E-state index in [0.29, 0.717) is 12.4 Å². The number of carbonyl (C=O) groups is 1. The Morgan fingerprint density at radius 2 is 2.12 bits per heavy atom. The lowest BCUT2D eigenvalue weighted by molar-refractivity contribution is -0.117. The molecule has 1 saturated heterocycles. The molecule has 1 N–H and O–H groups in total. The van der Waals surface area contributed by atoms with E-state index in [1.54, 1.807) is 6.20 Å². The summed E-state index contributed by atoms with van der Waals surface area (Å²) in [6, 6.07) is 3.31. The largest absolute Gasteiger partial charge is 0.481 e. The van der Waals surface area contributed by atoms with E-state index in [-0.39, 0.29) is 30.6 Å². The van der Waals surface area contributed by atoms with Gasteiger partial charge in [0.25, 0.3) is 0 Å². The number of benzene rings is 1. The Balaban J connectivity index is 1.69. The maximum absolute atomic E-state index is 13.9. The van der Waals surface area contributed by atoms with Gasteiger partial charge in [0.2, 0.25) is 11.8 Å². The van der Waals surface area contributed by atoms with Crippen LogP contribution in [-0.2, 0) is 11.3 Å². The molecule has 0 radical (unpaired) electrons. The lowest BCUT2D eigenvalue weighted by atomic mass is 10.2. The summed E-state index contributed by atoms with van der Waals surface area (Å²) in [5.41, 5.74) is 0.440. The van der Waals surface area contributed by atoms with Crippen molar-refractivity contribution in [3.05, 3.63) is 47.9 Å². The maximum atomic E-state index is 13.9. The van der Waals surface area contributed by atoms with Crippen LogP contribution in [0.1, 0.15) is 12.0 Å². The van der Waals surface area contributed by atoms with Crippen LogP contribution in [0.25, 0.3) is 0 Å². The molecule has 1 amide bonds. The van der Waals surface area contributed by atoms with E-state index in [2.05, 4.69) is 15.3 Å².